The molecule has 0 aromatic carbocycles. The molecular formula is Cl10K6Zn3-2. The van der Waals surface area contributed by atoms with E-state index >= 15 is 0 Å². The van der Waals surface area contributed by atoms with Crippen LogP contribution in [0.15, 0.2) is 0 Å². The number of hydrogen-bond donors (Lipinski definition) is 0. The minimum absolute atomic E-state index is 0. The normalized spacial score (nSPS) is 0. The van der Waals surface area contributed by atoms with Crippen LogP contribution in [0.4, 0.5) is 0 Å². The van der Waals surface area contributed by atoms with Crippen LogP contribution in [0.25, 0.3) is 0 Å². The van der Waals surface area contributed by atoms with Crippen LogP contribution in [-0.4, -0.2) is 0 Å². The summed E-state index contributed by atoms with van der Waals surface area (Å²) < 4.78 is 0. The van der Waals surface area contributed by atoms with E-state index in [-0.39, 0.29) is 491 Å². The molecule has 0 aliphatic heterocycles. The predicted molar refractivity (Wildman–Crippen MR) is 0 cm³/mol. The largest absolute Gasteiger partial charge is 2.00 e. The van der Waals surface area contributed by atoms with Crippen LogP contribution in [0, 0.1) is 0 Å². The molecule has 0 bridgehead atoms. The van der Waals surface area contributed by atoms with Crippen molar-refractivity contribution in [3.63, 3.8) is 0 Å². The molecule has 0 saturated carbocycles. The van der Waals surface area contributed by atoms with E-state index in [9.17, 15) is 0 Å². The maximum Gasteiger partial charge on any atom is 2.00 e. The fraction of sp³-hybridized carbons (Fsp3) is 0. The Morgan fingerprint density at radius 3 is 0.211 bits per heavy atom. The first-order valence-corrected chi connectivity index (χ1v) is 0. The summed E-state index contributed by atoms with van der Waals surface area (Å²) in [6.07, 6.45) is 0. The van der Waals surface area contributed by atoms with Crippen molar-refractivity contribution in [1.82, 2.24) is 0 Å². The smallest absolute Gasteiger partial charge is 1.00 e. The molecule has 0 heterocycles. The van der Waals surface area contributed by atoms with Gasteiger partial charge in [-0.05, 0) is 0 Å². The molecule has 19 heavy (non-hydrogen) atoms. The average molecular weight is 785 g/mol. The SMILES string of the molecule is [Cl-].[Cl-].[Cl-].[Cl-].[Cl-].[Cl-].[Cl-].[Cl-].[Cl-].[Cl-].[K+].[K+].[K+].[K+].[K+].[K+].[Zn+2].[Zn].[Zn]. The average Bonchev–Trinajstić information content (AvgIpc) is 0. The van der Waals surface area contributed by atoms with Gasteiger partial charge in [-0.15, -0.1) is 0 Å². The Morgan fingerprint density at radius 2 is 0.211 bits per heavy atom. The minimum Gasteiger partial charge on any atom is -1.00 e. The van der Waals surface area contributed by atoms with E-state index in [1.54, 1.807) is 0 Å². The number of hydrogen-bond acceptors (Lipinski definition) is 0. The second-order valence-electron chi connectivity index (χ2n) is 0. The fourth-order valence-corrected chi connectivity index (χ4v) is 0. The van der Waals surface area contributed by atoms with Crippen LogP contribution in [-0.2, 0) is 58.4 Å². The molecule has 0 rings (SSSR count). The zero-order valence-electron chi connectivity index (χ0n) is 11.9. The van der Waals surface area contributed by atoms with Crippen LogP contribution in [0.1, 0.15) is 0 Å². The van der Waals surface area contributed by atoms with Gasteiger partial charge < -0.3 is 124 Å². The molecule has 0 saturated heterocycles. The third-order valence-electron chi connectivity index (χ3n) is 0. The number of rotatable bonds is 0. The molecule has 0 spiro atoms. The molecule has 0 amide bonds. The first kappa shape index (κ1) is 168. The summed E-state index contributed by atoms with van der Waals surface area (Å²) in [6.45, 7) is 0. The summed E-state index contributed by atoms with van der Waals surface area (Å²) >= 11 is 0. The van der Waals surface area contributed by atoms with E-state index in [0.717, 1.165) is 0 Å². The Labute approximate surface area is 473 Å². The molecule has 0 aliphatic rings. The summed E-state index contributed by atoms with van der Waals surface area (Å²) in [7, 11) is 0. The van der Waals surface area contributed by atoms with E-state index in [0.29, 0.717) is 0 Å². The van der Waals surface area contributed by atoms with E-state index in [1.165, 1.54) is 0 Å². The first-order valence-electron chi connectivity index (χ1n) is 0. The van der Waals surface area contributed by atoms with Crippen molar-refractivity contribution in [2.24, 2.45) is 0 Å². The van der Waals surface area contributed by atoms with Gasteiger partial charge in [0, 0.05) is 39.0 Å². The zero-order chi connectivity index (χ0) is 0. The molecule has 0 fully saturated rings. The molecule has 0 nitrogen and oxygen atoms in total. The van der Waals surface area contributed by atoms with Crippen molar-refractivity contribution in [3.8, 4) is 0 Å². The summed E-state index contributed by atoms with van der Waals surface area (Å²) in [6, 6.07) is 0. The molecule has 0 radical (unpaired) electrons. The van der Waals surface area contributed by atoms with Gasteiger partial charge in [-0.2, -0.15) is 0 Å². The Kier molecular flexibility index (Phi) is 1350. The third-order valence-corrected chi connectivity index (χ3v) is 0. The quantitative estimate of drug-likeness (QED) is 0.215. The third kappa shape index (κ3) is 143. The van der Waals surface area contributed by atoms with Crippen molar-refractivity contribution in [1.29, 1.82) is 0 Å². The van der Waals surface area contributed by atoms with Gasteiger partial charge in [0.25, 0.3) is 0 Å². The van der Waals surface area contributed by atoms with Crippen molar-refractivity contribution in [3.05, 3.63) is 0 Å². The van der Waals surface area contributed by atoms with Gasteiger partial charge in [0.05, 0.1) is 0 Å². The molecule has 19 heteroatoms. The summed E-state index contributed by atoms with van der Waals surface area (Å²) in [5.41, 5.74) is 0. The molecular weight excluding hydrogens is 785 g/mol. The van der Waals surface area contributed by atoms with Crippen LogP contribution >= 0.6 is 0 Å². The molecule has 0 atom stereocenters. The maximum atomic E-state index is 0. The second-order valence-corrected chi connectivity index (χ2v) is 0. The molecule has 0 N–H and O–H groups in total. The Hall–Kier alpha value is 14.6. The topological polar surface area (TPSA) is 0 Å². The predicted octanol–water partition coefficient (Wildman–Crippen LogP) is -47.9. The standard InChI is InChI=1S/10ClH.6K.3Zn/h10*1H;;;;;;;;;/q;;;;;;;;;;6*+1;;;+2/p-10. The van der Waals surface area contributed by atoms with Gasteiger partial charge in [0.1, 0.15) is 0 Å². The Morgan fingerprint density at radius 1 is 0.211 bits per heavy atom. The molecule has 0 aliphatic carbocycles. The van der Waals surface area contributed by atoms with Crippen molar-refractivity contribution in [2.45, 2.75) is 0 Å². The summed E-state index contributed by atoms with van der Waals surface area (Å²) in [4.78, 5) is 0. The molecule has 0 aromatic heterocycles. The molecule has 84 valence electrons. The van der Waals surface area contributed by atoms with Gasteiger partial charge in [0.15, 0.2) is 0 Å². The van der Waals surface area contributed by atoms with Crippen molar-refractivity contribution < 1.29 is 491 Å². The molecule has 0 unspecified atom stereocenters. The van der Waals surface area contributed by atoms with Gasteiger partial charge in [0.2, 0.25) is 0 Å². The minimum atomic E-state index is 0. The summed E-state index contributed by atoms with van der Waals surface area (Å²) in [5.74, 6) is 0. The van der Waals surface area contributed by atoms with Gasteiger partial charge in [-0.25, -0.2) is 0 Å². The summed E-state index contributed by atoms with van der Waals surface area (Å²) in [5, 5.41) is 0. The van der Waals surface area contributed by atoms with E-state index in [1.807, 2.05) is 0 Å². The van der Waals surface area contributed by atoms with E-state index in [2.05, 4.69) is 0 Å². The van der Waals surface area contributed by atoms with Gasteiger partial charge >= 0.3 is 328 Å². The second kappa shape index (κ2) is 153. The van der Waals surface area contributed by atoms with E-state index in [4.69, 9.17) is 0 Å². The van der Waals surface area contributed by atoms with Crippen LogP contribution < -0.4 is 432 Å². The van der Waals surface area contributed by atoms with Crippen LogP contribution in [0.3, 0.4) is 0 Å². The van der Waals surface area contributed by atoms with Crippen LogP contribution in [0.2, 0.25) is 0 Å². The maximum absolute atomic E-state index is 0. The van der Waals surface area contributed by atoms with Gasteiger partial charge in [-0.1, -0.05) is 0 Å². The first-order chi connectivity index (χ1) is 0. The Balaban J connectivity index is 0. The van der Waals surface area contributed by atoms with Crippen molar-refractivity contribution in [2.75, 3.05) is 0 Å². The van der Waals surface area contributed by atoms with Gasteiger partial charge in [-0.3, -0.25) is 0 Å². The Bertz CT molecular complexity index is 27.2. The van der Waals surface area contributed by atoms with E-state index < -0.39 is 0 Å². The van der Waals surface area contributed by atoms with Crippen LogP contribution in [0.5, 0.6) is 0 Å². The molecule has 0 aromatic rings. The number of halogens is 10. The monoisotopic (exact) mass is 775 g/mol. The fourth-order valence-electron chi connectivity index (χ4n) is 0. The van der Waals surface area contributed by atoms with Crippen molar-refractivity contribution >= 4 is 0 Å². The zero-order valence-corrected chi connectivity index (χ0v) is 47.1.